The monoisotopic (exact) mass is 356 g/mol. The summed E-state index contributed by atoms with van der Waals surface area (Å²) in [6, 6.07) is 17.5. The smallest absolute Gasteiger partial charge is 0.200 e. The van der Waals surface area contributed by atoms with Gasteiger partial charge in [0.15, 0.2) is 11.8 Å². The van der Waals surface area contributed by atoms with Crippen LogP contribution < -0.4 is 0 Å². The largest absolute Gasteiger partial charge is 0.474 e. The fourth-order valence-corrected chi connectivity index (χ4v) is 5.31. The summed E-state index contributed by atoms with van der Waals surface area (Å²) in [6.45, 7) is 0. The van der Waals surface area contributed by atoms with Crippen LogP contribution in [0.4, 0.5) is 0 Å². The second-order valence-electron chi connectivity index (χ2n) is 8.46. The maximum atomic E-state index is 6.39. The van der Waals surface area contributed by atoms with Crippen LogP contribution in [0.5, 0.6) is 0 Å². The highest BCUT2D eigenvalue weighted by atomic mass is 16.5. The van der Waals surface area contributed by atoms with E-state index in [1.54, 1.807) is 0 Å². The zero-order valence-corrected chi connectivity index (χ0v) is 15.0. The van der Waals surface area contributed by atoms with Gasteiger partial charge in [-0.05, 0) is 35.1 Å². The average Bonchev–Trinajstić information content (AvgIpc) is 2.99. The van der Waals surface area contributed by atoms with Crippen LogP contribution in [-0.2, 0) is 22.3 Å². The number of nitrogens with zero attached hydrogens (tertiary/aromatic N) is 2. The van der Waals surface area contributed by atoms with Gasteiger partial charge in [0.05, 0.1) is 0 Å². The first-order chi connectivity index (χ1) is 13.3. The fraction of sp³-hybridized carbons (Fsp3) is 0.391. The highest BCUT2D eigenvalue weighted by Crippen LogP contribution is 2.56. The van der Waals surface area contributed by atoms with E-state index in [0.717, 1.165) is 37.5 Å². The van der Waals surface area contributed by atoms with Crippen LogP contribution in [0, 0.1) is 5.41 Å². The summed E-state index contributed by atoms with van der Waals surface area (Å²) in [7, 11) is 0. The summed E-state index contributed by atoms with van der Waals surface area (Å²) in [5.41, 5.74) is 5.21. The Kier molecular flexibility index (Phi) is 2.57. The lowest BCUT2D eigenvalue weighted by Gasteiger charge is -2.18. The second kappa shape index (κ2) is 4.80. The Morgan fingerprint density at radius 2 is 1.19 bits per heavy atom. The van der Waals surface area contributed by atoms with Gasteiger partial charge in [0.25, 0.3) is 0 Å². The summed E-state index contributed by atoms with van der Waals surface area (Å²) in [6.07, 6.45) is 4.28. The topological polar surface area (TPSA) is 43.2 Å². The maximum Gasteiger partial charge on any atom is 0.200 e. The van der Waals surface area contributed by atoms with E-state index in [0.29, 0.717) is 0 Å². The first-order valence-electron chi connectivity index (χ1n) is 9.97. The zero-order valence-electron chi connectivity index (χ0n) is 15.0. The predicted octanol–water partition coefficient (Wildman–Crippen LogP) is 3.96. The molecule has 134 valence electrons. The van der Waals surface area contributed by atoms with Gasteiger partial charge in [0, 0.05) is 12.8 Å². The number of hydrogen-bond donors (Lipinski definition) is 0. The normalized spacial score (nSPS) is 33.2. The van der Waals surface area contributed by atoms with Gasteiger partial charge in [-0.2, -0.15) is 0 Å². The molecule has 0 aromatic heterocycles. The van der Waals surface area contributed by atoms with Crippen molar-refractivity contribution in [1.82, 2.24) is 0 Å². The Labute approximate surface area is 157 Å². The Morgan fingerprint density at radius 1 is 0.704 bits per heavy atom. The van der Waals surface area contributed by atoms with E-state index < -0.39 is 0 Å². The molecule has 1 saturated carbocycles. The highest BCUT2D eigenvalue weighted by Gasteiger charge is 2.61. The van der Waals surface area contributed by atoms with Gasteiger partial charge in [0.1, 0.15) is 29.7 Å². The van der Waals surface area contributed by atoms with Crippen molar-refractivity contribution in [2.75, 3.05) is 0 Å². The van der Waals surface area contributed by atoms with Crippen molar-refractivity contribution >= 4 is 11.8 Å². The summed E-state index contributed by atoms with van der Waals surface area (Å²) >= 11 is 0. The molecular formula is C23H20N2O2. The van der Waals surface area contributed by atoms with E-state index in [2.05, 4.69) is 48.5 Å². The lowest BCUT2D eigenvalue weighted by atomic mass is 10.1. The Morgan fingerprint density at radius 3 is 1.67 bits per heavy atom. The Hall–Kier alpha value is -2.62. The van der Waals surface area contributed by atoms with Crippen LogP contribution in [0.15, 0.2) is 58.5 Å². The third-order valence-corrected chi connectivity index (χ3v) is 6.90. The third kappa shape index (κ3) is 1.83. The molecule has 0 spiro atoms. The molecule has 4 nitrogen and oxygen atoms in total. The lowest BCUT2D eigenvalue weighted by molar-refractivity contribution is 0.179. The first-order valence-corrected chi connectivity index (χ1v) is 9.97. The molecule has 2 aliphatic heterocycles. The average molecular weight is 356 g/mol. The fourth-order valence-electron chi connectivity index (χ4n) is 5.31. The zero-order chi connectivity index (χ0) is 17.6. The van der Waals surface area contributed by atoms with Gasteiger partial charge in [-0.1, -0.05) is 48.5 Å². The number of ether oxygens (including phenoxy) is 2. The van der Waals surface area contributed by atoms with E-state index in [1.807, 2.05) is 0 Å². The number of aliphatic imine (C=N–C) groups is 2. The molecule has 1 fully saturated rings. The van der Waals surface area contributed by atoms with Crippen molar-refractivity contribution < 1.29 is 9.47 Å². The number of hydrogen-bond acceptors (Lipinski definition) is 4. The summed E-state index contributed by atoms with van der Waals surface area (Å²) < 4.78 is 12.8. The van der Waals surface area contributed by atoms with Gasteiger partial charge in [0.2, 0.25) is 0 Å². The van der Waals surface area contributed by atoms with Crippen LogP contribution in [0.1, 0.15) is 47.2 Å². The molecule has 0 amide bonds. The van der Waals surface area contributed by atoms with E-state index in [9.17, 15) is 0 Å². The molecule has 4 atom stereocenters. The molecule has 0 unspecified atom stereocenters. The number of benzene rings is 2. The molecule has 2 aromatic rings. The quantitative estimate of drug-likeness (QED) is 0.818. The molecule has 4 heteroatoms. The van der Waals surface area contributed by atoms with Crippen molar-refractivity contribution in [1.29, 1.82) is 0 Å². The van der Waals surface area contributed by atoms with Crippen LogP contribution in [-0.4, -0.2) is 24.0 Å². The third-order valence-electron chi connectivity index (χ3n) is 6.90. The molecule has 3 aliphatic carbocycles. The SMILES string of the molecule is c1ccc2c(c1)C[C@@H]1OC(C3(C4=N[C@H]5c6ccccc6C[C@@H]5O4)CC3)=N[C@@H]21. The minimum atomic E-state index is -0.196. The van der Waals surface area contributed by atoms with E-state index in [4.69, 9.17) is 19.5 Å². The van der Waals surface area contributed by atoms with E-state index in [1.165, 1.54) is 22.3 Å². The van der Waals surface area contributed by atoms with Crippen molar-refractivity contribution in [3.63, 3.8) is 0 Å². The molecule has 2 aromatic carbocycles. The Balaban J connectivity index is 1.23. The second-order valence-corrected chi connectivity index (χ2v) is 8.46. The lowest BCUT2D eigenvalue weighted by Crippen LogP contribution is -2.30. The van der Waals surface area contributed by atoms with Crippen LogP contribution in [0.3, 0.4) is 0 Å². The van der Waals surface area contributed by atoms with Crippen molar-refractivity contribution in [2.45, 2.75) is 50.0 Å². The maximum absolute atomic E-state index is 6.39. The summed E-state index contributed by atoms with van der Waals surface area (Å²) in [5, 5.41) is 0. The van der Waals surface area contributed by atoms with Gasteiger partial charge in [-0.15, -0.1) is 0 Å². The van der Waals surface area contributed by atoms with Crippen LogP contribution >= 0.6 is 0 Å². The molecule has 5 aliphatic rings. The molecule has 0 N–H and O–H groups in total. The summed E-state index contributed by atoms with van der Waals surface area (Å²) in [5.74, 6) is 1.75. The summed E-state index contributed by atoms with van der Waals surface area (Å²) in [4.78, 5) is 10.1. The Bertz CT molecular complexity index is 957. The molecule has 0 radical (unpaired) electrons. The van der Waals surface area contributed by atoms with Crippen LogP contribution in [0.2, 0.25) is 0 Å². The number of rotatable bonds is 2. The van der Waals surface area contributed by atoms with E-state index >= 15 is 0 Å². The molecule has 27 heavy (non-hydrogen) atoms. The molecule has 7 rings (SSSR count). The van der Waals surface area contributed by atoms with Gasteiger partial charge in [-0.25, -0.2) is 9.98 Å². The van der Waals surface area contributed by atoms with Crippen molar-refractivity contribution in [3.05, 3.63) is 70.8 Å². The van der Waals surface area contributed by atoms with Crippen molar-refractivity contribution in [3.8, 4) is 0 Å². The minimum Gasteiger partial charge on any atom is -0.474 e. The standard InChI is InChI=1S/C23H20N2O2/c1-3-7-15-13(5-1)11-17-19(15)24-21(26-17)23(9-10-23)22-25-20-16-8-4-2-6-14(16)12-18(20)27-22/h1-8,17-20H,9-12H2/t17-,18-,19-,20-/m0/s1. The molecule has 0 bridgehead atoms. The first kappa shape index (κ1) is 14.4. The highest BCUT2D eigenvalue weighted by molar-refractivity contribution is 6.09. The van der Waals surface area contributed by atoms with Gasteiger partial charge >= 0.3 is 0 Å². The molecule has 2 heterocycles. The molecule has 0 saturated heterocycles. The van der Waals surface area contributed by atoms with Crippen molar-refractivity contribution in [2.24, 2.45) is 15.4 Å². The minimum absolute atomic E-state index is 0.149. The van der Waals surface area contributed by atoms with Gasteiger partial charge < -0.3 is 9.47 Å². The van der Waals surface area contributed by atoms with Crippen LogP contribution in [0.25, 0.3) is 0 Å². The number of fused-ring (bicyclic) bond motifs is 6. The molecular weight excluding hydrogens is 336 g/mol. The van der Waals surface area contributed by atoms with E-state index in [-0.39, 0.29) is 29.7 Å². The predicted molar refractivity (Wildman–Crippen MR) is 102 cm³/mol. The van der Waals surface area contributed by atoms with Gasteiger partial charge in [-0.3, -0.25) is 0 Å².